The van der Waals surface area contributed by atoms with Crippen LogP contribution in [0.5, 0.6) is 0 Å². The predicted molar refractivity (Wildman–Crippen MR) is 87.2 cm³/mol. The summed E-state index contributed by atoms with van der Waals surface area (Å²) in [6.45, 7) is 1.42. The molecule has 1 aliphatic heterocycles. The Morgan fingerprint density at radius 3 is 3.00 bits per heavy atom. The Bertz CT molecular complexity index is 530. The zero-order chi connectivity index (χ0) is 16.1. The smallest absolute Gasteiger partial charge is 0.238 e. The van der Waals surface area contributed by atoms with Gasteiger partial charge >= 0.3 is 0 Å². The lowest BCUT2D eigenvalue weighted by Crippen LogP contribution is -2.51. The van der Waals surface area contributed by atoms with E-state index in [0.717, 1.165) is 19.4 Å². The molecule has 0 bridgehead atoms. The van der Waals surface area contributed by atoms with Gasteiger partial charge in [0.15, 0.2) is 0 Å². The van der Waals surface area contributed by atoms with Crippen LogP contribution in [0.4, 0.5) is 10.1 Å². The third kappa shape index (κ3) is 4.49. The molecule has 0 aliphatic carbocycles. The lowest BCUT2D eigenvalue weighted by Gasteiger charge is -2.37. The number of piperidine rings is 1. The minimum absolute atomic E-state index is 0.110. The number of benzene rings is 1. The van der Waals surface area contributed by atoms with Gasteiger partial charge in [0.25, 0.3) is 0 Å². The van der Waals surface area contributed by atoms with Crippen molar-refractivity contribution in [2.75, 3.05) is 32.1 Å². The molecular formula is C15H21BrFN3O2. The molecule has 22 heavy (non-hydrogen) atoms. The molecule has 3 N–H and O–H groups in total. The van der Waals surface area contributed by atoms with Gasteiger partial charge in [-0.05, 0) is 31.0 Å². The highest BCUT2D eigenvalue weighted by Crippen LogP contribution is 2.21. The SMILES string of the molecule is COC1CCN(CC(=O)Nc2ccc(Br)cc2F)C(CN)C1. The van der Waals surface area contributed by atoms with Crippen LogP contribution in [-0.2, 0) is 9.53 Å². The van der Waals surface area contributed by atoms with Crippen molar-refractivity contribution in [2.24, 2.45) is 5.73 Å². The van der Waals surface area contributed by atoms with Gasteiger partial charge in [-0.25, -0.2) is 4.39 Å². The summed E-state index contributed by atoms with van der Waals surface area (Å²) in [5.74, 6) is -0.702. The maximum absolute atomic E-state index is 13.7. The van der Waals surface area contributed by atoms with E-state index in [1.807, 2.05) is 4.90 Å². The van der Waals surface area contributed by atoms with E-state index >= 15 is 0 Å². The lowest BCUT2D eigenvalue weighted by atomic mass is 9.99. The monoisotopic (exact) mass is 373 g/mol. The van der Waals surface area contributed by atoms with E-state index in [1.165, 1.54) is 12.1 Å². The van der Waals surface area contributed by atoms with Crippen molar-refractivity contribution in [2.45, 2.75) is 25.0 Å². The predicted octanol–water partition coefficient (Wildman–Crippen LogP) is 1.96. The number of nitrogens with two attached hydrogens (primary N) is 1. The van der Waals surface area contributed by atoms with Crippen LogP contribution in [-0.4, -0.2) is 49.7 Å². The molecule has 1 fully saturated rings. The summed E-state index contributed by atoms with van der Waals surface area (Å²) in [5.41, 5.74) is 5.97. The van der Waals surface area contributed by atoms with Gasteiger partial charge in [-0.3, -0.25) is 9.69 Å². The fraction of sp³-hybridized carbons (Fsp3) is 0.533. The Morgan fingerprint density at radius 1 is 1.59 bits per heavy atom. The van der Waals surface area contributed by atoms with Crippen LogP contribution >= 0.6 is 15.9 Å². The lowest BCUT2D eigenvalue weighted by molar-refractivity contribution is -0.118. The number of ether oxygens (including phenoxy) is 1. The summed E-state index contributed by atoms with van der Waals surface area (Å²) in [6, 6.07) is 4.65. The molecule has 5 nitrogen and oxygen atoms in total. The van der Waals surface area contributed by atoms with Gasteiger partial charge in [0, 0.05) is 30.7 Å². The van der Waals surface area contributed by atoms with Crippen LogP contribution in [0.15, 0.2) is 22.7 Å². The molecule has 1 aliphatic rings. The van der Waals surface area contributed by atoms with Crippen LogP contribution < -0.4 is 11.1 Å². The van der Waals surface area contributed by atoms with E-state index < -0.39 is 5.82 Å². The second-order valence-electron chi connectivity index (χ2n) is 5.41. The Hall–Kier alpha value is -1.02. The molecule has 1 heterocycles. The number of likely N-dealkylation sites (tertiary alicyclic amines) is 1. The van der Waals surface area contributed by atoms with Gasteiger partial charge in [0.1, 0.15) is 5.82 Å². The van der Waals surface area contributed by atoms with Gasteiger partial charge < -0.3 is 15.8 Å². The number of carbonyl (C=O) groups is 1. The van der Waals surface area contributed by atoms with E-state index in [2.05, 4.69) is 21.2 Å². The highest BCUT2D eigenvalue weighted by atomic mass is 79.9. The Kier molecular flexibility index (Phi) is 6.31. The zero-order valence-corrected chi connectivity index (χ0v) is 14.1. The molecule has 1 aromatic carbocycles. The number of nitrogens with one attached hydrogen (secondary N) is 1. The van der Waals surface area contributed by atoms with Crippen molar-refractivity contribution in [3.8, 4) is 0 Å². The van der Waals surface area contributed by atoms with Crippen molar-refractivity contribution in [3.05, 3.63) is 28.5 Å². The van der Waals surface area contributed by atoms with E-state index in [9.17, 15) is 9.18 Å². The molecule has 1 aromatic rings. The second kappa shape index (κ2) is 8.01. The van der Waals surface area contributed by atoms with E-state index in [-0.39, 0.29) is 30.3 Å². The summed E-state index contributed by atoms with van der Waals surface area (Å²) < 4.78 is 19.7. The minimum Gasteiger partial charge on any atom is -0.381 e. The topological polar surface area (TPSA) is 67.6 Å². The highest BCUT2D eigenvalue weighted by molar-refractivity contribution is 9.10. The van der Waals surface area contributed by atoms with Crippen molar-refractivity contribution < 1.29 is 13.9 Å². The number of rotatable bonds is 5. The largest absolute Gasteiger partial charge is 0.381 e. The van der Waals surface area contributed by atoms with Gasteiger partial charge in [0.2, 0.25) is 5.91 Å². The van der Waals surface area contributed by atoms with E-state index in [1.54, 1.807) is 13.2 Å². The second-order valence-corrected chi connectivity index (χ2v) is 6.33. The third-order valence-electron chi connectivity index (χ3n) is 3.95. The van der Waals surface area contributed by atoms with E-state index in [4.69, 9.17) is 10.5 Å². The standard InChI is InChI=1S/C15H21BrFN3O2/c1-22-12-4-5-20(11(7-12)8-18)9-15(21)19-14-3-2-10(16)6-13(14)17/h2-3,6,11-12H,4-5,7-9,18H2,1H3,(H,19,21). The van der Waals surface area contributed by atoms with Crippen LogP contribution in [0.2, 0.25) is 0 Å². The number of nitrogens with zero attached hydrogens (tertiary/aromatic N) is 1. The highest BCUT2D eigenvalue weighted by Gasteiger charge is 2.28. The van der Waals surface area contributed by atoms with E-state index in [0.29, 0.717) is 11.0 Å². The summed E-state index contributed by atoms with van der Waals surface area (Å²) >= 11 is 3.19. The van der Waals surface area contributed by atoms with Crippen LogP contribution in [0.3, 0.4) is 0 Å². The molecule has 1 amide bonds. The van der Waals surface area contributed by atoms with Crippen molar-refractivity contribution >= 4 is 27.5 Å². The van der Waals surface area contributed by atoms with Crippen molar-refractivity contribution in [1.29, 1.82) is 0 Å². The summed E-state index contributed by atoms with van der Waals surface area (Å²) in [4.78, 5) is 14.2. The molecule has 2 rings (SSSR count). The number of carbonyl (C=O) groups excluding carboxylic acids is 1. The molecule has 0 saturated carbocycles. The molecule has 0 aromatic heterocycles. The van der Waals surface area contributed by atoms with Gasteiger partial charge in [-0.2, -0.15) is 0 Å². The zero-order valence-electron chi connectivity index (χ0n) is 12.5. The van der Waals surface area contributed by atoms with Crippen molar-refractivity contribution in [1.82, 2.24) is 4.90 Å². The summed E-state index contributed by atoms with van der Waals surface area (Å²) in [5, 5.41) is 2.61. The molecule has 2 unspecified atom stereocenters. The summed E-state index contributed by atoms with van der Waals surface area (Å²) in [7, 11) is 1.69. The molecule has 0 radical (unpaired) electrons. The van der Waals surface area contributed by atoms with Gasteiger partial charge in [-0.15, -0.1) is 0 Å². The van der Waals surface area contributed by atoms with Crippen LogP contribution in [0, 0.1) is 5.82 Å². The van der Waals surface area contributed by atoms with Crippen LogP contribution in [0.25, 0.3) is 0 Å². The number of anilines is 1. The number of amides is 1. The first-order valence-electron chi connectivity index (χ1n) is 7.25. The average Bonchev–Trinajstić information content (AvgIpc) is 2.50. The number of hydrogen-bond acceptors (Lipinski definition) is 4. The average molecular weight is 374 g/mol. The third-order valence-corrected chi connectivity index (χ3v) is 4.44. The molecule has 1 saturated heterocycles. The van der Waals surface area contributed by atoms with Crippen molar-refractivity contribution in [3.63, 3.8) is 0 Å². The van der Waals surface area contributed by atoms with Gasteiger partial charge in [-0.1, -0.05) is 15.9 Å². The number of halogens is 2. The Morgan fingerprint density at radius 2 is 2.36 bits per heavy atom. The molecule has 122 valence electrons. The fourth-order valence-electron chi connectivity index (χ4n) is 2.70. The molecular weight excluding hydrogens is 353 g/mol. The maximum Gasteiger partial charge on any atom is 0.238 e. The number of methoxy groups -OCH3 is 1. The Balaban J connectivity index is 1.93. The first-order valence-corrected chi connectivity index (χ1v) is 8.04. The maximum atomic E-state index is 13.7. The fourth-order valence-corrected chi connectivity index (χ4v) is 3.03. The molecule has 7 heteroatoms. The quantitative estimate of drug-likeness (QED) is 0.827. The molecule has 0 spiro atoms. The summed E-state index contributed by atoms with van der Waals surface area (Å²) in [6.07, 6.45) is 1.87. The first-order chi connectivity index (χ1) is 10.5. The van der Waals surface area contributed by atoms with Crippen LogP contribution in [0.1, 0.15) is 12.8 Å². The first kappa shape index (κ1) is 17.3. The Labute approximate surface area is 138 Å². The number of hydrogen-bond donors (Lipinski definition) is 2. The molecule has 2 atom stereocenters. The minimum atomic E-state index is -0.462. The van der Waals surface area contributed by atoms with Gasteiger partial charge in [0.05, 0.1) is 18.3 Å². The normalized spacial score (nSPS) is 22.5.